The summed E-state index contributed by atoms with van der Waals surface area (Å²) in [6, 6.07) is 9.76. The molecule has 1 heterocycles. The van der Waals surface area contributed by atoms with Crippen molar-refractivity contribution >= 4 is 11.9 Å². The number of hydrogen-bond donors (Lipinski definition) is 3. The third-order valence-corrected chi connectivity index (χ3v) is 3.01. The summed E-state index contributed by atoms with van der Waals surface area (Å²) in [4.78, 5) is 29.0. The minimum absolute atomic E-state index is 0.0993. The van der Waals surface area contributed by atoms with Crippen LogP contribution in [0.3, 0.4) is 0 Å². The van der Waals surface area contributed by atoms with Gasteiger partial charge in [-0.1, -0.05) is 37.3 Å². The second-order valence-electron chi connectivity index (χ2n) is 4.45. The van der Waals surface area contributed by atoms with Gasteiger partial charge in [0, 0.05) is 6.54 Å². The Hall–Kier alpha value is -2.63. The maximum Gasteiger partial charge on any atom is 0.354 e. The molecule has 1 aromatic heterocycles. The SMILES string of the molecule is CC(CNC(=O)c1nc[nH]c1C(=O)O)c1ccccc1. The van der Waals surface area contributed by atoms with E-state index in [1.54, 1.807) is 0 Å². The van der Waals surface area contributed by atoms with Gasteiger partial charge < -0.3 is 15.4 Å². The Balaban J connectivity index is 1.99. The Morgan fingerprint density at radius 1 is 1.35 bits per heavy atom. The average Bonchev–Trinajstić information content (AvgIpc) is 2.95. The van der Waals surface area contributed by atoms with Crippen LogP contribution in [0.15, 0.2) is 36.7 Å². The van der Waals surface area contributed by atoms with Crippen molar-refractivity contribution < 1.29 is 14.7 Å². The molecule has 2 aromatic rings. The van der Waals surface area contributed by atoms with Gasteiger partial charge in [0.15, 0.2) is 11.4 Å². The van der Waals surface area contributed by atoms with Gasteiger partial charge in [-0.05, 0) is 11.5 Å². The molecule has 0 aliphatic heterocycles. The number of hydrogen-bond acceptors (Lipinski definition) is 3. The Bertz CT molecular complexity index is 607. The fourth-order valence-corrected chi connectivity index (χ4v) is 1.86. The van der Waals surface area contributed by atoms with Crippen LogP contribution in [0, 0.1) is 0 Å². The maximum absolute atomic E-state index is 11.9. The lowest BCUT2D eigenvalue weighted by atomic mass is 10.0. The summed E-state index contributed by atoms with van der Waals surface area (Å²) in [6.07, 6.45) is 1.19. The van der Waals surface area contributed by atoms with Crippen LogP contribution in [0.2, 0.25) is 0 Å². The highest BCUT2D eigenvalue weighted by atomic mass is 16.4. The number of aromatic carboxylic acids is 1. The van der Waals surface area contributed by atoms with Gasteiger partial charge in [0.05, 0.1) is 6.33 Å². The van der Waals surface area contributed by atoms with Crippen molar-refractivity contribution in [1.29, 1.82) is 0 Å². The monoisotopic (exact) mass is 273 g/mol. The Kier molecular flexibility index (Phi) is 4.14. The largest absolute Gasteiger partial charge is 0.477 e. The number of rotatable bonds is 5. The molecule has 0 radical (unpaired) electrons. The van der Waals surface area contributed by atoms with E-state index < -0.39 is 11.9 Å². The highest BCUT2D eigenvalue weighted by molar-refractivity contribution is 6.02. The van der Waals surface area contributed by atoms with E-state index in [2.05, 4.69) is 15.3 Å². The summed E-state index contributed by atoms with van der Waals surface area (Å²) in [5.74, 6) is -1.57. The van der Waals surface area contributed by atoms with E-state index in [1.165, 1.54) is 6.33 Å². The molecule has 6 heteroatoms. The lowest BCUT2D eigenvalue weighted by Crippen LogP contribution is -2.29. The number of benzene rings is 1. The molecule has 0 aliphatic rings. The minimum atomic E-state index is -1.20. The van der Waals surface area contributed by atoms with Crippen LogP contribution >= 0.6 is 0 Å². The van der Waals surface area contributed by atoms with Crippen molar-refractivity contribution in [3.8, 4) is 0 Å². The van der Waals surface area contributed by atoms with E-state index in [1.807, 2.05) is 37.3 Å². The number of aromatic amines is 1. The lowest BCUT2D eigenvalue weighted by molar-refractivity contribution is 0.0685. The zero-order valence-electron chi connectivity index (χ0n) is 11.0. The van der Waals surface area contributed by atoms with Crippen LogP contribution in [-0.4, -0.2) is 33.5 Å². The van der Waals surface area contributed by atoms with Crippen LogP contribution < -0.4 is 5.32 Å². The van der Waals surface area contributed by atoms with Gasteiger partial charge in [-0.25, -0.2) is 9.78 Å². The van der Waals surface area contributed by atoms with Crippen LogP contribution in [0.1, 0.15) is 39.4 Å². The second-order valence-corrected chi connectivity index (χ2v) is 4.45. The van der Waals surface area contributed by atoms with Gasteiger partial charge in [-0.15, -0.1) is 0 Å². The number of carbonyl (C=O) groups is 2. The summed E-state index contributed by atoms with van der Waals surface area (Å²) < 4.78 is 0. The van der Waals surface area contributed by atoms with Crippen molar-refractivity contribution in [1.82, 2.24) is 15.3 Å². The van der Waals surface area contributed by atoms with E-state index in [9.17, 15) is 9.59 Å². The first kappa shape index (κ1) is 13.8. The molecule has 1 aromatic carbocycles. The lowest BCUT2D eigenvalue weighted by Gasteiger charge is -2.12. The number of H-pyrrole nitrogens is 1. The Morgan fingerprint density at radius 3 is 2.70 bits per heavy atom. The number of nitrogens with zero attached hydrogens (tertiary/aromatic N) is 1. The normalized spacial score (nSPS) is 11.8. The average molecular weight is 273 g/mol. The topological polar surface area (TPSA) is 95.1 Å². The Labute approximate surface area is 115 Å². The summed E-state index contributed by atoms with van der Waals surface area (Å²) in [5.41, 5.74) is 0.806. The molecule has 0 bridgehead atoms. The quantitative estimate of drug-likeness (QED) is 0.771. The number of carbonyl (C=O) groups excluding carboxylic acids is 1. The van der Waals surface area contributed by atoms with Crippen molar-refractivity contribution in [2.75, 3.05) is 6.54 Å². The van der Waals surface area contributed by atoms with Gasteiger partial charge in [0.2, 0.25) is 0 Å². The van der Waals surface area contributed by atoms with Crippen molar-refractivity contribution in [3.05, 3.63) is 53.6 Å². The van der Waals surface area contributed by atoms with E-state index in [-0.39, 0.29) is 17.3 Å². The third-order valence-electron chi connectivity index (χ3n) is 3.01. The molecule has 0 saturated heterocycles. The summed E-state index contributed by atoms with van der Waals surface area (Å²) in [6.45, 7) is 2.40. The number of carboxylic acids is 1. The molecule has 20 heavy (non-hydrogen) atoms. The zero-order chi connectivity index (χ0) is 14.5. The number of amides is 1. The van der Waals surface area contributed by atoms with Gasteiger partial charge in [0.25, 0.3) is 5.91 Å². The number of carboxylic acid groups (broad SMARTS) is 1. The molecule has 1 amide bonds. The second kappa shape index (κ2) is 6.01. The van der Waals surface area contributed by atoms with Crippen LogP contribution in [-0.2, 0) is 0 Å². The molecular weight excluding hydrogens is 258 g/mol. The summed E-state index contributed by atoms with van der Waals surface area (Å²) >= 11 is 0. The molecule has 6 nitrogen and oxygen atoms in total. The minimum Gasteiger partial charge on any atom is -0.477 e. The Morgan fingerprint density at radius 2 is 2.05 bits per heavy atom. The summed E-state index contributed by atoms with van der Waals surface area (Å²) in [7, 11) is 0. The first-order chi connectivity index (χ1) is 9.59. The molecule has 3 N–H and O–H groups in total. The fourth-order valence-electron chi connectivity index (χ4n) is 1.86. The van der Waals surface area contributed by atoms with Crippen molar-refractivity contribution in [2.45, 2.75) is 12.8 Å². The van der Waals surface area contributed by atoms with E-state index >= 15 is 0 Å². The fraction of sp³-hybridized carbons (Fsp3) is 0.214. The highest BCUT2D eigenvalue weighted by Crippen LogP contribution is 2.13. The van der Waals surface area contributed by atoms with Gasteiger partial charge in [0.1, 0.15) is 0 Å². The molecule has 1 unspecified atom stereocenters. The molecule has 1 atom stereocenters. The van der Waals surface area contributed by atoms with Crippen LogP contribution in [0.5, 0.6) is 0 Å². The third kappa shape index (κ3) is 3.03. The molecular formula is C14H15N3O3. The molecule has 104 valence electrons. The first-order valence-corrected chi connectivity index (χ1v) is 6.19. The number of nitrogens with one attached hydrogen (secondary N) is 2. The molecule has 0 aliphatic carbocycles. The molecule has 0 saturated carbocycles. The van der Waals surface area contributed by atoms with E-state index in [4.69, 9.17) is 5.11 Å². The maximum atomic E-state index is 11.9. The van der Waals surface area contributed by atoms with Crippen LogP contribution in [0.25, 0.3) is 0 Å². The van der Waals surface area contributed by atoms with Crippen LogP contribution in [0.4, 0.5) is 0 Å². The smallest absolute Gasteiger partial charge is 0.354 e. The first-order valence-electron chi connectivity index (χ1n) is 6.19. The van der Waals surface area contributed by atoms with Gasteiger partial charge in [-0.2, -0.15) is 0 Å². The number of aromatic nitrogens is 2. The standard InChI is InChI=1S/C14H15N3O3/c1-9(10-5-3-2-4-6-10)7-15-13(18)11-12(14(19)20)17-8-16-11/h2-6,8-9H,7H2,1H3,(H,15,18)(H,16,17)(H,19,20). The predicted octanol–water partition coefficient (Wildman–Crippen LogP) is 1.64. The molecule has 0 spiro atoms. The van der Waals surface area contributed by atoms with E-state index in [0.29, 0.717) is 6.54 Å². The van der Waals surface area contributed by atoms with Gasteiger partial charge >= 0.3 is 5.97 Å². The van der Waals surface area contributed by atoms with E-state index in [0.717, 1.165) is 5.56 Å². The predicted molar refractivity (Wildman–Crippen MR) is 72.7 cm³/mol. The summed E-state index contributed by atoms with van der Waals surface area (Å²) in [5, 5.41) is 11.6. The highest BCUT2D eigenvalue weighted by Gasteiger charge is 2.19. The molecule has 2 rings (SSSR count). The number of imidazole rings is 1. The van der Waals surface area contributed by atoms with Crippen molar-refractivity contribution in [2.24, 2.45) is 0 Å². The molecule has 0 fully saturated rings. The van der Waals surface area contributed by atoms with Crippen molar-refractivity contribution in [3.63, 3.8) is 0 Å². The zero-order valence-corrected chi connectivity index (χ0v) is 11.0. The van der Waals surface area contributed by atoms with Gasteiger partial charge in [-0.3, -0.25) is 4.79 Å².